The number of rotatable bonds is 5. The van der Waals surface area contributed by atoms with Gasteiger partial charge in [0.05, 0.1) is 5.57 Å². The Morgan fingerprint density at radius 3 is 2.58 bits per heavy atom. The summed E-state index contributed by atoms with van der Waals surface area (Å²) in [6, 6.07) is 12.7. The van der Waals surface area contributed by atoms with Gasteiger partial charge in [-0.25, -0.2) is 4.79 Å². The highest BCUT2D eigenvalue weighted by Crippen LogP contribution is 2.48. The topological polar surface area (TPSA) is 94.1 Å². The summed E-state index contributed by atoms with van der Waals surface area (Å²) >= 11 is 0. The number of phenolic OH excluding ortho intramolecular Hbond substituents is 1. The standard InChI is InChI=1S/C31H33NO6/c1-17(2)30-29(31(35)38-22-8-3-4-9-22)27(19-6-5-7-21(33)12-19)28-23(32-30)13-20(14-24(28)34)18-10-11-25-26(15-18)37-16-36-25/h5-7,10-12,15,17,20,22,27,32-33H,3-4,8-9,13-14,16H2,1-2H3. The number of aromatic hydroxyl groups is 1. The number of fused-ring (bicyclic) bond motifs is 1. The number of phenols is 1. The molecule has 2 N–H and O–H groups in total. The third-order valence-electron chi connectivity index (χ3n) is 8.11. The van der Waals surface area contributed by atoms with Crippen LogP contribution in [0.1, 0.15) is 75.3 Å². The first-order chi connectivity index (χ1) is 18.4. The van der Waals surface area contributed by atoms with E-state index in [4.69, 9.17) is 14.2 Å². The van der Waals surface area contributed by atoms with Gasteiger partial charge in [-0.15, -0.1) is 0 Å². The van der Waals surface area contributed by atoms with E-state index in [0.29, 0.717) is 41.1 Å². The average molecular weight is 516 g/mol. The number of hydrogen-bond donors (Lipinski definition) is 2. The van der Waals surface area contributed by atoms with E-state index >= 15 is 0 Å². The third-order valence-corrected chi connectivity index (χ3v) is 8.11. The maximum absolute atomic E-state index is 13.9. The Balaban J connectivity index is 1.42. The van der Waals surface area contributed by atoms with Crippen LogP contribution < -0.4 is 14.8 Å². The van der Waals surface area contributed by atoms with Crippen molar-refractivity contribution in [2.45, 2.75) is 70.3 Å². The molecular weight excluding hydrogens is 482 g/mol. The summed E-state index contributed by atoms with van der Waals surface area (Å²) in [5.41, 5.74) is 4.41. The second-order valence-electron chi connectivity index (χ2n) is 11.0. The van der Waals surface area contributed by atoms with E-state index in [-0.39, 0.29) is 42.2 Å². The highest BCUT2D eigenvalue weighted by molar-refractivity contribution is 6.04. The molecule has 4 aliphatic rings. The molecule has 2 unspecified atom stereocenters. The van der Waals surface area contributed by atoms with E-state index in [1.807, 2.05) is 38.1 Å². The van der Waals surface area contributed by atoms with E-state index in [1.54, 1.807) is 18.2 Å². The van der Waals surface area contributed by atoms with E-state index in [1.165, 1.54) is 0 Å². The number of ether oxygens (including phenoxy) is 3. The second-order valence-corrected chi connectivity index (χ2v) is 11.0. The average Bonchev–Trinajstić information content (AvgIpc) is 3.59. The molecule has 6 rings (SSSR count). The molecule has 0 saturated heterocycles. The molecule has 2 aliphatic heterocycles. The van der Waals surface area contributed by atoms with Gasteiger partial charge in [0, 0.05) is 29.3 Å². The fraction of sp³-hybridized carbons (Fsp3) is 0.419. The Morgan fingerprint density at radius 2 is 1.82 bits per heavy atom. The van der Waals surface area contributed by atoms with Gasteiger partial charge in [0.2, 0.25) is 6.79 Å². The van der Waals surface area contributed by atoms with Crippen LogP contribution in [0.15, 0.2) is 65.0 Å². The molecule has 2 heterocycles. The first-order valence-corrected chi connectivity index (χ1v) is 13.6. The van der Waals surface area contributed by atoms with Crippen LogP contribution in [0.4, 0.5) is 0 Å². The minimum absolute atomic E-state index is 0.00370. The predicted molar refractivity (Wildman–Crippen MR) is 141 cm³/mol. The van der Waals surface area contributed by atoms with Gasteiger partial charge in [-0.1, -0.05) is 32.0 Å². The van der Waals surface area contributed by atoms with Crippen LogP contribution in [-0.4, -0.2) is 29.8 Å². The molecule has 38 heavy (non-hydrogen) atoms. The molecule has 0 spiro atoms. The number of allylic oxidation sites excluding steroid dienone is 3. The maximum atomic E-state index is 13.9. The first-order valence-electron chi connectivity index (χ1n) is 13.6. The van der Waals surface area contributed by atoms with Crippen LogP contribution in [0.5, 0.6) is 17.2 Å². The fourth-order valence-electron chi connectivity index (χ4n) is 6.26. The van der Waals surface area contributed by atoms with Gasteiger partial charge in [0.25, 0.3) is 0 Å². The minimum atomic E-state index is -0.602. The van der Waals surface area contributed by atoms with Gasteiger partial charge < -0.3 is 24.6 Å². The lowest BCUT2D eigenvalue weighted by atomic mass is 9.71. The molecule has 0 radical (unpaired) electrons. The SMILES string of the molecule is CC(C)C1=C(C(=O)OC2CCCC2)C(c2cccc(O)c2)C2=C(CC(c3ccc4c(c3)OCO4)CC2=O)N1. The number of benzene rings is 2. The van der Waals surface area contributed by atoms with E-state index in [0.717, 1.165) is 42.6 Å². The number of Topliss-reactive ketones (excluding diaryl/α,β-unsaturated/α-hetero) is 1. The zero-order valence-corrected chi connectivity index (χ0v) is 21.8. The Labute approximate surface area is 222 Å². The van der Waals surface area contributed by atoms with Crippen LogP contribution in [0.3, 0.4) is 0 Å². The molecule has 1 saturated carbocycles. The number of dihydropyridines is 1. The first kappa shape index (κ1) is 24.6. The molecule has 2 aromatic carbocycles. The van der Waals surface area contributed by atoms with Crippen molar-refractivity contribution < 1.29 is 28.9 Å². The smallest absolute Gasteiger partial charge is 0.337 e. The zero-order chi connectivity index (χ0) is 26.4. The number of esters is 1. The van der Waals surface area contributed by atoms with Gasteiger partial charge in [-0.05, 0) is 79.3 Å². The summed E-state index contributed by atoms with van der Waals surface area (Å²) in [7, 11) is 0. The van der Waals surface area contributed by atoms with Crippen molar-refractivity contribution in [2.24, 2.45) is 5.92 Å². The summed E-state index contributed by atoms with van der Waals surface area (Å²) in [5.74, 6) is 0.482. The number of carbonyl (C=O) groups excluding carboxylic acids is 2. The van der Waals surface area contributed by atoms with Crippen molar-refractivity contribution in [2.75, 3.05) is 6.79 Å². The Hall–Kier alpha value is -3.74. The summed E-state index contributed by atoms with van der Waals surface area (Å²) < 4.78 is 17.0. The van der Waals surface area contributed by atoms with Crippen LogP contribution in [0.2, 0.25) is 0 Å². The molecule has 7 heteroatoms. The van der Waals surface area contributed by atoms with Crippen molar-refractivity contribution in [3.05, 3.63) is 76.1 Å². The van der Waals surface area contributed by atoms with E-state index in [2.05, 4.69) is 5.32 Å². The largest absolute Gasteiger partial charge is 0.508 e. The second kappa shape index (κ2) is 9.86. The van der Waals surface area contributed by atoms with Crippen molar-refractivity contribution in [3.63, 3.8) is 0 Å². The van der Waals surface area contributed by atoms with Gasteiger partial charge in [0.1, 0.15) is 11.9 Å². The Kier molecular flexibility index (Phi) is 6.38. The molecule has 2 atom stereocenters. The maximum Gasteiger partial charge on any atom is 0.337 e. The van der Waals surface area contributed by atoms with Crippen LogP contribution >= 0.6 is 0 Å². The minimum Gasteiger partial charge on any atom is -0.508 e. The highest BCUT2D eigenvalue weighted by atomic mass is 16.7. The van der Waals surface area contributed by atoms with Crippen LogP contribution in [0, 0.1) is 5.92 Å². The molecule has 0 aromatic heterocycles. The lowest BCUT2D eigenvalue weighted by Gasteiger charge is -2.38. The Morgan fingerprint density at radius 1 is 1.03 bits per heavy atom. The zero-order valence-electron chi connectivity index (χ0n) is 21.8. The lowest BCUT2D eigenvalue weighted by molar-refractivity contribution is -0.144. The summed E-state index contributed by atoms with van der Waals surface area (Å²) in [6.07, 6.45) is 4.68. The normalized spacial score (nSPS) is 23.1. The van der Waals surface area contributed by atoms with Gasteiger partial charge in [-0.2, -0.15) is 0 Å². The molecule has 0 amide bonds. The monoisotopic (exact) mass is 515 g/mol. The molecule has 1 fully saturated rings. The van der Waals surface area contributed by atoms with Crippen molar-refractivity contribution in [3.8, 4) is 17.2 Å². The number of carbonyl (C=O) groups is 2. The van der Waals surface area contributed by atoms with Gasteiger partial charge in [-0.3, -0.25) is 4.79 Å². The van der Waals surface area contributed by atoms with Crippen molar-refractivity contribution in [1.82, 2.24) is 5.32 Å². The molecular formula is C31H33NO6. The molecule has 2 aliphatic carbocycles. The van der Waals surface area contributed by atoms with Crippen LogP contribution in [-0.2, 0) is 14.3 Å². The molecule has 2 aromatic rings. The van der Waals surface area contributed by atoms with Crippen molar-refractivity contribution in [1.29, 1.82) is 0 Å². The molecule has 7 nitrogen and oxygen atoms in total. The van der Waals surface area contributed by atoms with Gasteiger partial charge >= 0.3 is 5.97 Å². The number of hydrogen-bond acceptors (Lipinski definition) is 7. The molecule has 0 bridgehead atoms. The van der Waals surface area contributed by atoms with Gasteiger partial charge in [0.15, 0.2) is 17.3 Å². The molecule has 198 valence electrons. The summed E-state index contributed by atoms with van der Waals surface area (Å²) in [5, 5.41) is 13.9. The van der Waals surface area contributed by atoms with Crippen LogP contribution in [0.25, 0.3) is 0 Å². The third kappa shape index (κ3) is 4.44. The Bertz CT molecular complexity index is 1350. The predicted octanol–water partition coefficient (Wildman–Crippen LogP) is 5.60. The summed E-state index contributed by atoms with van der Waals surface area (Å²) in [6.45, 7) is 4.28. The number of nitrogens with one attached hydrogen (secondary N) is 1. The van der Waals surface area contributed by atoms with E-state index in [9.17, 15) is 14.7 Å². The van der Waals surface area contributed by atoms with E-state index < -0.39 is 5.92 Å². The fourth-order valence-corrected chi connectivity index (χ4v) is 6.26. The lowest BCUT2D eigenvalue weighted by Crippen LogP contribution is -2.38. The quantitative estimate of drug-likeness (QED) is 0.500. The summed E-state index contributed by atoms with van der Waals surface area (Å²) in [4.78, 5) is 27.7. The number of ketones is 1. The van der Waals surface area contributed by atoms with Crippen molar-refractivity contribution >= 4 is 11.8 Å². The highest BCUT2D eigenvalue weighted by Gasteiger charge is 2.43.